The molecule has 0 fully saturated rings. The highest BCUT2D eigenvalue weighted by Crippen LogP contribution is 2.09. The summed E-state index contributed by atoms with van der Waals surface area (Å²) in [6.07, 6.45) is 5.59. The molecule has 0 amide bonds. The largest absolute Gasteiger partial charge is 0.462 e. The number of ether oxygens (including phenoxy) is 1. The van der Waals surface area contributed by atoms with E-state index in [9.17, 15) is 9.90 Å². The van der Waals surface area contributed by atoms with Crippen molar-refractivity contribution in [2.75, 3.05) is 0 Å². The van der Waals surface area contributed by atoms with Crippen LogP contribution in [0.5, 0.6) is 0 Å². The lowest BCUT2D eigenvalue weighted by atomic mass is 10.1. The minimum absolute atomic E-state index is 0.0750. The van der Waals surface area contributed by atoms with Crippen molar-refractivity contribution in [3.8, 4) is 0 Å². The van der Waals surface area contributed by atoms with Gasteiger partial charge in [0.25, 0.3) is 0 Å². The van der Waals surface area contributed by atoms with Gasteiger partial charge in [-0.1, -0.05) is 12.2 Å². The maximum Gasteiger partial charge on any atom is 0.306 e. The molecule has 1 aliphatic heterocycles. The van der Waals surface area contributed by atoms with E-state index in [1.165, 1.54) is 0 Å². The Kier molecular flexibility index (Phi) is 3.96. The molecule has 0 saturated heterocycles. The quantitative estimate of drug-likeness (QED) is 0.457. The second-order valence-corrected chi connectivity index (χ2v) is 3.42. The van der Waals surface area contributed by atoms with E-state index in [0.717, 1.165) is 0 Å². The molecule has 2 atom stereocenters. The summed E-state index contributed by atoms with van der Waals surface area (Å²) in [5.74, 6) is -0.157. The number of carbonyl (C=O) groups is 1. The van der Waals surface area contributed by atoms with E-state index in [0.29, 0.717) is 25.7 Å². The molecule has 1 rings (SSSR count). The van der Waals surface area contributed by atoms with Crippen LogP contribution in [-0.2, 0) is 9.53 Å². The van der Waals surface area contributed by atoms with Gasteiger partial charge < -0.3 is 9.84 Å². The third kappa shape index (κ3) is 4.08. The zero-order valence-electron chi connectivity index (χ0n) is 7.90. The number of aliphatic hydroxyl groups is 1. The van der Waals surface area contributed by atoms with E-state index in [4.69, 9.17) is 4.74 Å². The molecule has 13 heavy (non-hydrogen) atoms. The van der Waals surface area contributed by atoms with E-state index in [1.54, 1.807) is 6.08 Å². The molecule has 0 aromatic carbocycles. The fraction of sp³-hybridized carbons (Fsp3) is 0.700. The van der Waals surface area contributed by atoms with Crippen LogP contribution in [0, 0.1) is 0 Å². The normalized spacial score (nSPS) is 33.5. The van der Waals surface area contributed by atoms with Gasteiger partial charge in [-0.15, -0.1) is 0 Å². The van der Waals surface area contributed by atoms with Gasteiger partial charge in [0.05, 0.1) is 6.10 Å². The molecule has 0 unspecified atom stereocenters. The van der Waals surface area contributed by atoms with Crippen LogP contribution < -0.4 is 0 Å². The van der Waals surface area contributed by atoms with Crippen LogP contribution in [0.1, 0.15) is 32.6 Å². The predicted molar refractivity (Wildman–Crippen MR) is 49.2 cm³/mol. The molecule has 0 aromatic heterocycles. The van der Waals surface area contributed by atoms with Gasteiger partial charge in [0, 0.05) is 12.8 Å². The first kappa shape index (κ1) is 10.3. The van der Waals surface area contributed by atoms with Crippen molar-refractivity contribution >= 4 is 5.97 Å². The molecule has 0 aromatic rings. The van der Waals surface area contributed by atoms with Crippen LogP contribution in [0.4, 0.5) is 0 Å². The highest BCUT2D eigenvalue weighted by Gasteiger charge is 2.11. The van der Waals surface area contributed by atoms with E-state index >= 15 is 0 Å². The molecule has 3 nitrogen and oxygen atoms in total. The average Bonchev–Trinajstić information content (AvgIpc) is 2.03. The summed E-state index contributed by atoms with van der Waals surface area (Å²) in [5, 5.41) is 9.36. The van der Waals surface area contributed by atoms with Gasteiger partial charge in [-0.05, 0) is 19.8 Å². The van der Waals surface area contributed by atoms with Crippen molar-refractivity contribution in [1.29, 1.82) is 0 Å². The Bertz CT molecular complexity index is 198. The number of esters is 1. The first-order chi connectivity index (χ1) is 6.18. The summed E-state index contributed by atoms with van der Waals surface area (Å²) < 4.78 is 5.09. The Morgan fingerprint density at radius 2 is 2.38 bits per heavy atom. The molecule has 1 aliphatic rings. The Balaban J connectivity index is 2.50. The molecule has 74 valence electrons. The Morgan fingerprint density at radius 1 is 1.62 bits per heavy atom. The van der Waals surface area contributed by atoms with Crippen molar-refractivity contribution in [3.05, 3.63) is 12.2 Å². The van der Waals surface area contributed by atoms with Gasteiger partial charge in [-0.3, -0.25) is 4.79 Å². The van der Waals surface area contributed by atoms with E-state index < -0.39 is 6.10 Å². The van der Waals surface area contributed by atoms with Crippen LogP contribution in [0.25, 0.3) is 0 Å². The summed E-state index contributed by atoms with van der Waals surface area (Å²) in [6, 6.07) is 0. The molecule has 1 N–H and O–H groups in total. The smallest absolute Gasteiger partial charge is 0.306 e. The maximum absolute atomic E-state index is 11.1. The van der Waals surface area contributed by atoms with Crippen molar-refractivity contribution in [1.82, 2.24) is 0 Å². The monoisotopic (exact) mass is 184 g/mol. The molecular formula is C10H16O3. The van der Waals surface area contributed by atoms with Crippen LogP contribution in [0.2, 0.25) is 0 Å². The molecule has 0 radical (unpaired) electrons. The SMILES string of the molecule is C[C@@H]1C/C=C\[C@@H](O)CCCC(=O)O1. The minimum atomic E-state index is -0.405. The number of cyclic esters (lactones) is 1. The van der Waals surface area contributed by atoms with Gasteiger partial charge in [0.1, 0.15) is 6.10 Å². The van der Waals surface area contributed by atoms with Crippen molar-refractivity contribution in [2.45, 2.75) is 44.8 Å². The van der Waals surface area contributed by atoms with Crippen molar-refractivity contribution < 1.29 is 14.6 Å². The number of carbonyl (C=O) groups excluding carboxylic acids is 1. The van der Waals surface area contributed by atoms with Gasteiger partial charge in [0.15, 0.2) is 0 Å². The Labute approximate surface area is 78.4 Å². The minimum Gasteiger partial charge on any atom is -0.462 e. The molecule has 0 bridgehead atoms. The summed E-state index contributed by atoms with van der Waals surface area (Å²) >= 11 is 0. The highest BCUT2D eigenvalue weighted by molar-refractivity contribution is 5.69. The fourth-order valence-corrected chi connectivity index (χ4v) is 1.31. The van der Waals surface area contributed by atoms with Crippen LogP contribution in [0.15, 0.2) is 12.2 Å². The van der Waals surface area contributed by atoms with Gasteiger partial charge in [-0.25, -0.2) is 0 Å². The van der Waals surface area contributed by atoms with Crippen molar-refractivity contribution in [3.63, 3.8) is 0 Å². The van der Waals surface area contributed by atoms with Crippen molar-refractivity contribution in [2.24, 2.45) is 0 Å². The van der Waals surface area contributed by atoms with Gasteiger partial charge >= 0.3 is 5.97 Å². The molecule has 0 aliphatic carbocycles. The standard InChI is InChI=1S/C10H16O3/c1-8-4-2-5-9(11)6-3-7-10(12)13-8/h2,5,8-9,11H,3-4,6-7H2,1H3/b5-2-/t8-,9-/m1/s1. The number of rotatable bonds is 0. The summed E-state index contributed by atoms with van der Waals surface area (Å²) in [7, 11) is 0. The predicted octanol–water partition coefficient (Wildman–Crippen LogP) is 1.41. The van der Waals surface area contributed by atoms with Crippen LogP contribution in [0.3, 0.4) is 0 Å². The third-order valence-corrected chi connectivity index (χ3v) is 2.04. The van der Waals surface area contributed by atoms with Gasteiger partial charge in [0.2, 0.25) is 0 Å². The molecule has 0 saturated carbocycles. The molecule has 3 heteroatoms. The lowest BCUT2D eigenvalue weighted by Gasteiger charge is -2.13. The zero-order valence-corrected chi connectivity index (χ0v) is 7.90. The Hall–Kier alpha value is -0.830. The topological polar surface area (TPSA) is 46.5 Å². The third-order valence-electron chi connectivity index (χ3n) is 2.04. The highest BCUT2D eigenvalue weighted by atomic mass is 16.5. The zero-order chi connectivity index (χ0) is 9.68. The van der Waals surface area contributed by atoms with Gasteiger partial charge in [-0.2, -0.15) is 0 Å². The second-order valence-electron chi connectivity index (χ2n) is 3.42. The second kappa shape index (κ2) is 5.02. The van der Waals surface area contributed by atoms with Crippen LogP contribution in [-0.4, -0.2) is 23.3 Å². The summed E-state index contributed by atoms with van der Waals surface area (Å²) in [6.45, 7) is 1.86. The maximum atomic E-state index is 11.1. The number of hydrogen-bond donors (Lipinski definition) is 1. The Morgan fingerprint density at radius 3 is 3.15 bits per heavy atom. The van der Waals surface area contributed by atoms with E-state index in [2.05, 4.69) is 0 Å². The lowest BCUT2D eigenvalue weighted by Crippen LogP contribution is -2.16. The van der Waals surface area contributed by atoms with E-state index in [-0.39, 0.29) is 12.1 Å². The first-order valence-electron chi connectivity index (χ1n) is 4.72. The average molecular weight is 184 g/mol. The molecule has 1 heterocycles. The summed E-state index contributed by atoms with van der Waals surface area (Å²) in [4.78, 5) is 11.1. The number of aliphatic hydroxyl groups excluding tert-OH is 1. The fourth-order valence-electron chi connectivity index (χ4n) is 1.31. The lowest BCUT2D eigenvalue weighted by molar-refractivity contribution is -0.148. The number of hydrogen-bond acceptors (Lipinski definition) is 3. The first-order valence-corrected chi connectivity index (χ1v) is 4.72. The summed E-state index contributed by atoms with van der Waals surface area (Å²) in [5.41, 5.74) is 0. The van der Waals surface area contributed by atoms with E-state index in [1.807, 2.05) is 13.0 Å². The molecule has 0 spiro atoms. The molecular weight excluding hydrogens is 168 g/mol. The van der Waals surface area contributed by atoms with Crippen LogP contribution >= 0.6 is 0 Å².